The van der Waals surface area contributed by atoms with Crippen molar-refractivity contribution < 1.29 is 8.78 Å². The summed E-state index contributed by atoms with van der Waals surface area (Å²) in [5.74, 6) is -1.73. The Bertz CT molecular complexity index is 345. The smallest absolute Gasteiger partial charge is 0.159 e. The van der Waals surface area contributed by atoms with Gasteiger partial charge in [-0.1, -0.05) is 12.1 Å². The van der Waals surface area contributed by atoms with Crippen LogP contribution in [-0.2, 0) is 5.54 Å². The fourth-order valence-corrected chi connectivity index (χ4v) is 1.27. The maximum Gasteiger partial charge on any atom is 0.159 e. The molecule has 0 unspecified atom stereocenters. The van der Waals surface area contributed by atoms with E-state index in [0.717, 1.165) is 12.1 Å². The molecule has 2 N–H and O–H groups in total. The van der Waals surface area contributed by atoms with Crippen LogP contribution in [0, 0.1) is 11.6 Å². The van der Waals surface area contributed by atoms with E-state index in [9.17, 15) is 8.78 Å². The van der Waals surface area contributed by atoms with Crippen molar-refractivity contribution in [3.63, 3.8) is 0 Å². The third kappa shape index (κ3) is 2.17. The zero-order valence-electron chi connectivity index (χ0n) is 8.06. The van der Waals surface area contributed by atoms with Crippen molar-refractivity contribution in [2.45, 2.75) is 18.9 Å². The van der Waals surface area contributed by atoms with Gasteiger partial charge in [-0.15, -0.1) is 6.58 Å². The molecule has 3 heteroatoms. The van der Waals surface area contributed by atoms with Gasteiger partial charge in [-0.25, -0.2) is 8.78 Å². The van der Waals surface area contributed by atoms with Gasteiger partial charge < -0.3 is 5.73 Å². The molecule has 0 aliphatic heterocycles. The summed E-state index contributed by atoms with van der Waals surface area (Å²) in [6.45, 7) is 5.31. The van der Waals surface area contributed by atoms with E-state index >= 15 is 0 Å². The largest absolute Gasteiger partial charge is 0.321 e. The molecule has 1 nitrogen and oxygen atoms in total. The van der Waals surface area contributed by atoms with Gasteiger partial charge in [0.15, 0.2) is 11.6 Å². The van der Waals surface area contributed by atoms with Gasteiger partial charge in [-0.05, 0) is 31.0 Å². The molecule has 1 aromatic rings. The van der Waals surface area contributed by atoms with Crippen molar-refractivity contribution in [2.24, 2.45) is 5.73 Å². The van der Waals surface area contributed by atoms with Crippen LogP contribution < -0.4 is 5.73 Å². The Morgan fingerprint density at radius 2 is 2.07 bits per heavy atom. The van der Waals surface area contributed by atoms with Crippen molar-refractivity contribution in [3.05, 3.63) is 48.1 Å². The number of nitrogens with two attached hydrogens (primary N) is 1. The molecule has 0 bridgehead atoms. The lowest BCUT2D eigenvalue weighted by molar-refractivity contribution is 0.477. The monoisotopic (exact) mass is 197 g/mol. The Morgan fingerprint density at radius 3 is 2.57 bits per heavy atom. The van der Waals surface area contributed by atoms with Gasteiger partial charge in [0.25, 0.3) is 0 Å². The highest BCUT2D eigenvalue weighted by atomic mass is 19.2. The standard InChI is InChI=1S/C11H13F2N/c1-3-6-11(2,14)8-4-5-9(12)10(13)7-8/h3-5,7H,1,6,14H2,2H3/t11-/m0/s1. The quantitative estimate of drug-likeness (QED) is 0.741. The van der Waals surface area contributed by atoms with Gasteiger partial charge in [-0.2, -0.15) is 0 Å². The number of hydrogen-bond donors (Lipinski definition) is 1. The SMILES string of the molecule is C=CC[C@](C)(N)c1ccc(F)c(F)c1. The van der Waals surface area contributed by atoms with E-state index in [4.69, 9.17) is 5.73 Å². The van der Waals surface area contributed by atoms with Crippen LogP contribution >= 0.6 is 0 Å². The van der Waals surface area contributed by atoms with Crippen LogP contribution in [0.5, 0.6) is 0 Å². The number of benzene rings is 1. The average molecular weight is 197 g/mol. The zero-order chi connectivity index (χ0) is 10.8. The Balaban J connectivity index is 3.07. The van der Waals surface area contributed by atoms with E-state index < -0.39 is 17.2 Å². The van der Waals surface area contributed by atoms with Crippen LogP contribution in [0.3, 0.4) is 0 Å². The fraction of sp³-hybridized carbons (Fsp3) is 0.273. The van der Waals surface area contributed by atoms with Gasteiger partial charge in [0.05, 0.1) is 0 Å². The summed E-state index contributed by atoms with van der Waals surface area (Å²) in [6, 6.07) is 3.69. The normalized spacial score (nSPS) is 14.9. The van der Waals surface area contributed by atoms with Gasteiger partial charge in [0.1, 0.15) is 0 Å². The lowest BCUT2D eigenvalue weighted by Crippen LogP contribution is -2.32. The molecular weight excluding hydrogens is 184 g/mol. The zero-order valence-corrected chi connectivity index (χ0v) is 8.06. The third-order valence-corrected chi connectivity index (χ3v) is 2.15. The summed E-state index contributed by atoms with van der Waals surface area (Å²) in [6.07, 6.45) is 2.17. The van der Waals surface area contributed by atoms with Crippen LogP contribution in [0.4, 0.5) is 8.78 Å². The van der Waals surface area contributed by atoms with Gasteiger partial charge in [0.2, 0.25) is 0 Å². The lowest BCUT2D eigenvalue weighted by Gasteiger charge is -2.23. The minimum absolute atomic E-state index is 0.512. The van der Waals surface area contributed by atoms with Gasteiger partial charge >= 0.3 is 0 Å². The molecule has 0 aromatic heterocycles. The first-order valence-corrected chi connectivity index (χ1v) is 4.32. The molecule has 1 rings (SSSR count). The minimum atomic E-state index is -0.872. The Morgan fingerprint density at radius 1 is 1.43 bits per heavy atom. The van der Waals surface area contributed by atoms with E-state index in [2.05, 4.69) is 6.58 Å². The van der Waals surface area contributed by atoms with E-state index in [1.54, 1.807) is 13.0 Å². The molecule has 1 aromatic carbocycles. The second-order valence-corrected chi connectivity index (χ2v) is 3.54. The lowest BCUT2D eigenvalue weighted by atomic mass is 9.90. The maximum absolute atomic E-state index is 12.9. The second kappa shape index (κ2) is 3.88. The molecule has 0 aliphatic rings. The van der Waals surface area contributed by atoms with Crippen LogP contribution in [-0.4, -0.2) is 0 Å². The number of rotatable bonds is 3. The van der Waals surface area contributed by atoms with Gasteiger partial charge in [-0.3, -0.25) is 0 Å². The van der Waals surface area contributed by atoms with Crippen molar-refractivity contribution in [1.82, 2.24) is 0 Å². The highest BCUT2D eigenvalue weighted by Gasteiger charge is 2.20. The summed E-state index contributed by atoms with van der Waals surface area (Å²) in [4.78, 5) is 0. The highest BCUT2D eigenvalue weighted by molar-refractivity contribution is 5.25. The molecule has 0 radical (unpaired) electrons. The summed E-state index contributed by atoms with van der Waals surface area (Å²) < 4.78 is 25.5. The molecular formula is C11H13F2N. The van der Waals surface area contributed by atoms with Crippen LogP contribution in [0.15, 0.2) is 30.9 Å². The van der Waals surface area contributed by atoms with Crippen molar-refractivity contribution in [3.8, 4) is 0 Å². The first kappa shape index (κ1) is 10.9. The fourth-order valence-electron chi connectivity index (χ4n) is 1.27. The molecule has 1 atom stereocenters. The number of halogens is 2. The van der Waals surface area contributed by atoms with Crippen molar-refractivity contribution in [2.75, 3.05) is 0 Å². The molecule has 76 valence electrons. The topological polar surface area (TPSA) is 26.0 Å². The van der Waals surface area contributed by atoms with E-state index in [1.807, 2.05) is 0 Å². The first-order chi connectivity index (χ1) is 6.47. The summed E-state index contributed by atoms with van der Waals surface area (Å²) in [5, 5.41) is 0. The highest BCUT2D eigenvalue weighted by Crippen LogP contribution is 2.23. The summed E-state index contributed by atoms with van der Waals surface area (Å²) in [7, 11) is 0. The molecule has 0 fully saturated rings. The van der Waals surface area contributed by atoms with Crippen molar-refractivity contribution in [1.29, 1.82) is 0 Å². The molecule has 0 saturated carbocycles. The average Bonchev–Trinajstić information content (AvgIpc) is 2.09. The predicted molar refractivity (Wildman–Crippen MR) is 52.7 cm³/mol. The number of hydrogen-bond acceptors (Lipinski definition) is 1. The molecule has 14 heavy (non-hydrogen) atoms. The van der Waals surface area contributed by atoms with Gasteiger partial charge in [0, 0.05) is 5.54 Å². The van der Waals surface area contributed by atoms with E-state index in [-0.39, 0.29) is 0 Å². The van der Waals surface area contributed by atoms with Crippen LogP contribution in [0.2, 0.25) is 0 Å². The first-order valence-electron chi connectivity index (χ1n) is 4.32. The predicted octanol–water partition coefficient (Wildman–Crippen LogP) is 2.71. The third-order valence-electron chi connectivity index (χ3n) is 2.15. The molecule has 0 saturated heterocycles. The molecule has 0 aliphatic carbocycles. The Kier molecular flexibility index (Phi) is 3.01. The second-order valence-electron chi connectivity index (χ2n) is 3.54. The minimum Gasteiger partial charge on any atom is -0.321 e. The molecule has 0 spiro atoms. The Hall–Kier alpha value is -1.22. The van der Waals surface area contributed by atoms with Crippen molar-refractivity contribution >= 4 is 0 Å². The molecule has 0 amide bonds. The van der Waals surface area contributed by atoms with E-state index in [1.165, 1.54) is 6.07 Å². The van der Waals surface area contributed by atoms with E-state index in [0.29, 0.717) is 12.0 Å². The Labute approximate surface area is 82.2 Å². The summed E-state index contributed by atoms with van der Waals surface area (Å²) >= 11 is 0. The van der Waals surface area contributed by atoms with Crippen LogP contribution in [0.25, 0.3) is 0 Å². The summed E-state index contributed by atoms with van der Waals surface area (Å²) in [5.41, 5.74) is 5.78. The molecule has 0 heterocycles. The van der Waals surface area contributed by atoms with Crippen LogP contribution in [0.1, 0.15) is 18.9 Å². The maximum atomic E-state index is 12.9.